The molecule has 5 nitrogen and oxygen atoms in total. The number of ether oxygens (including phenoxy) is 2. The molecule has 0 aliphatic heterocycles. The van der Waals surface area contributed by atoms with Gasteiger partial charge in [-0.2, -0.15) is 0 Å². The predicted molar refractivity (Wildman–Crippen MR) is 75.7 cm³/mol. The van der Waals surface area contributed by atoms with Gasteiger partial charge in [-0.1, -0.05) is 26.0 Å². The van der Waals surface area contributed by atoms with Gasteiger partial charge in [0.1, 0.15) is 11.8 Å². The molecule has 1 amide bonds. The minimum atomic E-state index is -0.679. The Morgan fingerprint density at radius 3 is 2.45 bits per heavy atom. The highest BCUT2D eigenvalue weighted by Crippen LogP contribution is 2.18. The number of nitrogens with one attached hydrogen (secondary N) is 1. The van der Waals surface area contributed by atoms with Crippen LogP contribution in [0.3, 0.4) is 0 Å². The van der Waals surface area contributed by atoms with Crippen LogP contribution in [-0.4, -0.2) is 31.6 Å². The summed E-state index contributed by atoms with van der Waals surface area (Å²) in [5, 5.41) is 2.69. The van der Waals surface area contributed by atoms with Gasteiger partial charge >= 0.3 is 5.97 Å². The lowest BCUT2D eigenvalue weighted by Crippen LogP contribution is -2.45. The van der Waals surface area contributed by atoms with Crippen molar-refractivity contribution in [2.24, 2.45) is 5.92 Å². The molecule has 0 saturated heterocycles. The summed E-state index contributed by atoms with van der Waals surface area (Å²) in [6.07, 6.45) is 0. The van der Waals surface area contributed by atoms with E-state index in [-0.39, 0.29) is 11.8 Å². The van der Waals surface area contributed by atoms with Crippen LogP contribution in [0.5, 0.6) is 5.75 Å². The van der Waals surface area contributed by atoms with E-state index in [1.54, 1.807) is 24.3 Å². The van der Waals surface area contributed by atoms with E-state index in [0.29, 0.717) is 17.9 Å². The van der Waals surface area contributed by atoms with Gasteiger partial charge in [0, 0.05) is 0 Å². The summed E-state index contributed by atoms with van der Waals surface area (Å²) in [7, 11) is 1.30. The number of rotatable bonds is 6. The number of amides is 1. The highest BCUT2D eigenvalue weighted by molar-refractivity contribution is 5.99. The van der Waals surface area contributed by atoms with Gasteiger partial charge < -0.3 is 14.8 Å². The average molecular weight is 279 g/mol. The number of para-hydroxylation sites is 1. The number of esters is 1. The molecule has 1 atom stereocenters. The summed E-state index contributed by atoms with van der Waals surface area (Å²) in [5.74, 6) is -0.370. The van der Waals surface area contributed by atoms with E-state index >= 15 is 0 Å². The fraction of sp³-hybridized carbons (Fsp3) is 0.467. The van der Waals surface area contributed by atoms with Crippen LogP contribution in [0.25, 0.3) is 0 Å². The van der Waals surface area contributed by atoms with E-state index in [0.717, 1.165) is 0 Å². The summed E-state index contributed by atoms with van der Waals surface area (Å²) >= 11 is 0. The summed E-state index contributed by atoms with van der Waals surface area (Å²) in [5.41, 5.74) is 0.406. The molecule has 0 aliphatic rings. The average Bonchev–Trinajstić information content (AvgIpc) is 2.44. The van der Waals surface area contributed by atoms with Crippen LogP contribution < -0.4 is 10.1 Å². The Hall–Kier alpha value is -2.04. The maximum atomic E-state index is 12.3. The molecule has 1 unspecified atom stereocenters. The third-order valence-corrected chi connectivity index (χ3v) is 2.84. The minimum absolute atomic E-state index is 0.0642. The quantitative estimate of drug-likeness (QED) is 0.809. The number of carbonyl (C=O) groups is 2. The Kier molecular flexibility index (Phi) is 6.03. The van der Waals surface area contributed by atoms with E-state index in [2.05, 4.69) is 5.32 Å². The molecule has 1 aromatic rings. The van der Waals surface area contributed by atoms with E-state index in [9.17, 15) is 9.59 Å². The molecule has 0 aliphatic carbocycles. The van der Waals surface area contributed by atoms with Crippen LogP contribution >= 0.6 is 0 Å². The molecule has 0 aromatic heterocycles. The van der Waals surface area contributed by atoms with Gasteiger partial charge in [-0.25, -0.2) is 4.79 Å². The molecule has 5 heteroatoms. The predicted octanol–water partition coefficient (Wildman–Crippen LogP) is 2.01. The van der Waals surface area contributed by atoms with E-state index < -0.39 is 12.0 Å². The van der Waals surface area contributed by atoms with Crippen LogP contribution in [0.4, 0.5) is 0 Å². The van der Waals surface area contributed by atoms with Gasteiger partial charge in [-0.05, 0) is 25.0 Å². The first-order chi connectivity index (χ1) is 9.51. The van der Waals surface area contributed by atoms with Crippen molar-refractivity contribution in [3.63, 3.8) is 0 Å². The number of carbonyl (C=O) groups excluding carboxylic acids is 2. The first kappa shape index (κ1) is 16.0. The van der Waals surface area contributed by atoms with Gasteiger partial charge in [0.15, 0.2) is 0 Å². The van der Waals surface area contributed by atoms with Crippen molar-refractivity contribution in [3.05, 3.63) is 29.8 Å². The van der Waals surface area contributed by atoms with Crippen molar-refractivity contribution in [3.8, 4) is 5.75 Å². The largest absolute Gasteiger partial charge is 0.493 e. The number of benzene rings is 1. The third kappa shape index (κ3) is 3.98. The van der Waals surface area contributed by atoms with Crippen molar-refractivity contribution >= 4 is 11.9 Å². The minimum Gasteiger partial charge on any atom is -0.493 e. The third-order valence-electron chi connectivity index (χ3n) is 2.84. The molecule has 0 fully saturated rings. The smallest absolute Gasteiger partial charge is 0.328 e. The lowest BCUT2D eigenvalue weighted by atomic mass is 10.0. The Bertz CT molecular complexity index is 471. The van der Waals surface area contributed by atoms with Crippen molar-refractivity contribution < 1.29 is 19.1 Å². The highest BCUT2D eigenvalue weighted by atomic mass is 16.5. The van der Waals surface area contributed by atoms with Gasteiger partial charge in [-0.15, -0.1) is 0 Å². The molecule has 0 spiro atoms. The molecule has 1 N–H and O–H groups in total. The zero-order valence-electron chi connectivity index (χ0n) is 12.3. The van der Waals surface area contributed by atoms with E-state index in [1.807, 2.05) is 20.8 Å². The molecule has 0 bridgehead atoms. The summed E-state index contributed by atoms with van der Waals surface area (Å²) in [6.45, 7) is 6.00. The zero-order chi connectivity index (χ0) is 15.1. The Labute approximate surface area is 119 Å². The SMILES string of the molecule is CCOc1ccccc1C(=O)NC(C(=O)OC)C(C)C. The first-order valence-corrected chi connectivity index (χ1v) is 6.61. The van der Waals surface area contributed by atoms with Gasteiger partial charge in [-0.3, -0.25) is 4.79 Å². The molecule has 1 rings (SSSR count). The Balaban J connectivity index is 2.92. The molecular weight excluding hydrogens is 258 g/mol. The molecular formula is C15H21NO4. The van der Waals surface area contributed by atoms with Crippen LogP contribution in [0.1, 0.15) is 31.1 Å². The number of hydrogen-bond acceptors (Lipinski definition) is 4. The lowest BCUT2D eigenvalue weighted by Gasteiger charge is -2.20. The van der Waals surface area contributed by atoms with Gasteiger partial charge in [0.2, 0.25) is 0 Å². The van der Waals surface area contributed by atoms with Crippen molar-refractivity contribution in [2.75, 3.05) is 13.7 Å². The summed E-state index contributed by atoms with van der Waals surface area (Å²) in [4.78, 5) is 23.9. The van der Waals surface area contributed by atoms with Crippen LogP contribution in [0.15, 0.2) is 24.3 Å². The maximum absolute atomic E-state index is 12.3. The monoisotopic (exact) mass is 279 g/mol. The molecule has 110 valence electrons. The first-order valence-electron chi connectivity index (χ1n) is 6.61. The summed E-state index contributed by atoms with van der Waals surface area (Å²) < 4.78 is 10.1. The summed E-state index contributed by atoms with van der Waals surface area (Å²) in [6, 6.07) is 6.25. The van der Waals surface area contributed by atoms with Crippen LogP contribution in [-0.2, 0) is 9.53 Å². The van der Waals surface area contributed by atoms with Crippen molar-refractivity contribution in [1.82, 2.24) is 5.32 Å². The van der Waals surface area contributed by atoms with E-state index in [4.69, 9.17) is 9.47 Å². The molecule has 0 heterocycles. The highest BCUT2D eigenvalue weighted by Gasteiger charge is 2.26. The number of methoxy groups -OCH3 is 1. The zero-order valence-corrected chi connectivity index (χ0v) is 12.3. The van der Waals surface area contributed by atoms with Gasteiger partial charge in [0.05, 0.1) is 19.3 Å². The standard InChI is InChI=1S/C15H21NO4/c1-5-20-12-9-7-6-8-11(12)14(17)16-13(10(2)3)15(18)19-4/h6-10,13H,5H2,1-4H3,(H,16,17). The second kappa shape index (κ2) is 7.53. The normalized spacial score (nSPS) is 11.8. The molecule has 0 radical (unpaired) electrons. The van der Waals surface area contributed by atoms with Crippen LogP contribution in [0, 0.1) is 5.92 Å². The number of hydrogen-bond donors (Lipinski definition) is 1. The van der Waals surface area contributed by atoms with Crippen molar-refractivity contribution in [2.45, 2.75) is 26.8 Å². The molecule has 20 heavy (non-hydrogen) atoms. The lowest BCUT2D eigenvalue weighted by molar-refractivity contribution is -0.144. The second-order valence-corrected chi connectivity index (χ2v) is 4.65. The molecule has 1 aromatic carbocycles. The Morgan fingerprint density at radius 1 is 1.25 bits per heavy atom. The Morgan fingerprint density at radius 2 is 1.90 bits per heavy atom. The van der Waals surface area contributed by atoms with Crippen molar-refractivity contribution in [1.29, 1.82) is 0 Å². The topological polar surface area (TPSA) is 64.6 Å². The fourth-order valence-corrected chi connectivity index (χ4v) is 1.78. The fourth-order valence-electron chi connectivity index (χ4n) is 1.78. The molecule has 0 saturated carbocycles. The second-order valence-electron chi connectivity index (χ2n) is 4.65. The maximum Gasteiger partial charge on any atom is 0.328 e. The van der Waals surface area contributed by atoms with Crippen LogP contribution in [0.2, 0.25) is 0 Å². The van der Waals surface area contributed by atoms with Gasteiger partial charge in [0.25, 0.3) is 5.91 Å². The van der Waals surface area contributed by atoms with E-state index in [1.165, 1.54) is 7.11 Å².